The van der Waals surface area contributed by atoms with Gasteiger partial charge >= 0.3 is 0 Å². The van der Waals surface area contributed by atoms with Gasteiger partial charge in [-0.3, -0.25) is 9.59 Å². The third-order valence-electron chi connectivity index (χ3n) is 6.95. The van der Waals surface area contributed by atoms with Gasteiger partial charge in [0.2, 0.25) is 0 Å². The van der Waals surface area contributed by atoms with E-state index >= 15 is 0 Å². The summed E-state index contributed by atoms with van der Waals surface area (Å²) in [7, 11) is 0. The Morgan fingerprint density at radius 3 is 2.65 bits per heavy atom. The lowest BCUT2D eigenvalue weighted by Gasteiger charge is -2.28. The molecule has 1 saturated heterocycles. The Morgan fingerprint density at radius 2 is 1.94 bits per heavy atom. The topological polar surface area (TPSA) is 51.5 Å². The van der Waals surface area contributed by atoms with Crippen molar-refractivity contribution in [2.75, 3.05) is 13.2 Å². The zero-order chi connectivity index (χ0) is 22.0. The van der Waals surface area contributed by atoms with Crippen LogP contribution in [0.3, 0.4) is 0 Å². The van der Waals surface area contributed by atoms with E-state index in [-0.39, 0.29) is 23.7 Å². The fourth-order valence-electron chi connectivity index (χ4n) is 5.18. The maximum atomic E-state index is 13.5. The molecule has 2 atom stereocenters. The van der Waals surface area contributed by atoms with Crippen molar-refractivity contribution in [3.05, 3.63) is 58.9 Å². The van der Waals surface area contributed by atoms with Crippen molar-refractivity contribution in [2.45, 2.75) is 71.6 Å². The molecule has 0 aliphatic carbocycles. The predicted octanol–water partition coefficient (Wildman–Crippen LogP) is 5.05. The zero-order valence-corrected chi connectivity index (χ0v) is 19.0. The minimum atomic E-state index is 0.0552. The molecule has 5 heteroatoms. The van der Waals surface area contributed by atoms with Crippen LogP contribution in [0.25, 0.3) is 0 Å². The van der Waals surface area contributed by atoms with Crippen LogP contribution in [0.15, 0.2) is 36.4 Å². The van der Waals surface area contributed by atoms with Gasteiger partial charge in [0.25, 0.3) is 5.91 Å². The Hall–Kier alpha value is -2.40. The van der Waals surface area contributed by atoms with Crippen molar-refractivity contribution < 1.29 is 14.3 Å². The van der Waals surface area contributed by atoms with Gasteiger partial charge in [-0.2, -0.15) is 0 Å². The highest BCUT2D eigenvalue weighted by Gasteiger charge is 2.35. The molecule has 0 N–H and O–H groups in total. The van der Waals surface area contributed by atoms with Crippen LogP contribution in [0, 0.1) is 5.92 Å². The molecule has 2 aromatic rings. The summed E-state index contributed by atoms with van der Waals surface area (Å²) < 4.78 is 7.72. The number of likely N-dealkylation sites (tertiary alicyclic amines) is 1. The first-order valence-corrected chi connectivity index (χ1v) is 11.7. The highest BCUT2D eigenvalue weighted by molar-refractivity contribution is 6.02. The molecule has 1 fully saturated rings. The first kappa shape index (κ1) is 21.8. The molecular weight excluding hydrogens is 388 g/mol. The molecule has 2 aliphatic heterocycles. The van der Waals surface area contributed by atoms with E-state index in [4.69, 9.17) is 4.74 Å². The van der Waals surface area contributed by atoms with Crippen LogP contribution < -0.4 is 0 Å². The summed E-state index contributed by atoms with van der Waals surface area (Å²) in [6.07, 6.45) is 3.46. The fourth-order valence-corrected chi connectivity index (χ4v) is 5.18. The number of ether oxygens (including phenoxy) is 1. The Kier molecular flexibility index (Phi) is 6.61. The van der Waals surface area contributed by atoms with Crippen molar-refractivity contribution in [1.82, 2.24) is 9.47 Å². The summed E-state index contributed by atoms with van der Waals surface area (Å²) in [6.45, 7) is 8.87. The summed E-state index contributed by atoms with van der Waals surface area (Å²) in [6, 6.07) is 12.4. The number of ketones is 1. The maximum absolute atomic E-state index is 13.5. The summed E-state index contributed by atoms with van der Waals surface area (Å²) in [5, 5.41) is 0. The molecule has 4 rings (SSSR count). The second kappa shape index (κ2) is 9.39. The molecule has 0 bridgehead atoms. The van der Waals surface area contributed by atoms with Gasteiger partial charge in [0.1, 0.15) is 0 Å². The number of fused-ring (bicyclic) bond motifs is 1. The van der Waals surface area contributed by atoms with Gasteiger partial charge in [0.15, 0.2) is 5.78 Å². The van der Waals surface area contributed by atoms with Crippen LogP contribution in [0.5, 0.6) is 0 Å². The van der Waals surface area contributed by atoms with Crippen molar-refractivity contribution in [3.8, 4) is 0 Å². The van der Waals surface area contributed by atoms with Gasteiger partial charge in [-0.25, -0.2) is 0 Å². The monoisotopic (exact) mass is 422 g/mol. The van der Waals surface area contributed by atoms with Gasteiger partial charge in [0, 0.05) is 25.6 Å². The lowest BCUT2D eigenvalue weighted by Crippen LogP contribution is -2.39. The summed E-state index contributed by atoms with van der Waals surface area (Å²) in [5.74, 6) is 0.778. The number of benzene rings is 1. The van der Waals surface area contributed by atoms with E-state index < -0.39 is 0 Å². The van der Waals surface area contributed by atoms with Crippen molar-refractivity contribution in [1.29, 1.82) is 0 Å². The number of Topliss-reactive ketones (excluding diaryl/α,β-unsaturated/α-hetero) is 1. The SMILES string of the molecule is CC[C@@H](CC(=O)c1cc(C(=O)N2CCC[C@@H]2C(C)C)c2n1CCOC2)c1ccccc1. The molecule has 0 saturated carbocycles. The highest BCUT2D eigenvalue weighted by atomic mass is 16.5. The average molecular weight is 423 g/mol. The first-order valence-electron chi connectivity index (χ1n) is 11.7. The van der Waals surface area contributed by atoms with Crippen LogP contribution in [-0.2, 0) is 17.9 Å². The number of aromatic nitrogens is 1. The minimum Gasteiger partial charge on any atom is -0.373 e. The van der Waals surface area contributed by atoms with Crippen LogP contribution >= 0.6 is 0 Å². The van der Waals surface area contributed by atoms with E-state index in [1.54, 1.807) is 0 Å². The Balaban J connectivity index is 1.62. The molecule has 1 aromatic heterocycles. The number of nitrogens with zero attached hydrogens (tertiary/aromatic N) is 2. The zero-order valence-electron chi connectivity index (χ0n) is 19.0. The predicted molar refractivity (Wildman–Crippen MR) is 121 cm³/mol. The van der Waals surface area contributed by atoms with E-state index in [9.17, 15) is 9.59 Å². The third-order valence-corrected chi connectivity index (χ3v) is 6.95. The number of hydrogen-bond acceptors (Lipinski definition) is 3. The average Bonchev–Trinajstić information content (AvgIpc) is 3.43. The van der Waals surface area contributed by atoms with Crippen LogP contribution in [0.2, 0.25) is 0 Å². The summed E-state index contributed by atoms with van der Waals surface area (Å²) >= 11 is 0. The molecule has 31 heavy (non-hydrogen) atoms. The Morgan fingerprint density at radius 1 is 1.16 bits per heavy atom. The number of rotatable bonds is 7. The second-order valence-corrected chi connectivity index (χ2v) is 9.19. The lowest BCUT2D eigenvalue weighted by molar-refractivity contribution is 0.0663. The van der Waals surface area contributed by atoms with Gasteiger partial charge < -0.3 is 14.2 Å². The van der Waals surface area contributed by atoms with Crippen molar-refractivity contribution in [3.63, 3.8) is 0 Å². The van der Waals surface area contributed by atoms with Gasteiger partial charge in [0.05, 0.1) is 30.2 Å². The molecule has 0 spiro atoms. The normalized spacial score (nSPS) is 19.5. The summed E-state index contributed by atoms with van der Waals surface area (Å²) in [5.41, 5.74) is 3.38. The first-order chi connectivity index (χ1) is 15.0. The van der Waals surface area contributed by atoms with Gasteiger partial charge in [-0.15, -0.1) is 0 Å². The summed E-state index contributed by atoms with van der Waals surface area (Å²) in [4.78, 5) is 28.9. The molecule has 1 aromatic carbocycles. The van der Waals surface area contributed by atoms with Gasteiger partial charge in [-0.1, -0.05) is 51.1 Å². The van der Waals surface area contributed by atoms with Crippen LogP contribution in [0.1, 0.15) is 84.5 Å². The highest BCUT2D eigenvalue weighted by Crippen LogP contribution is 2.31. The second-order valence-electron chi connectivity index (χ2n) is 9.19. The Bertz CT molecular complexity index is 932. The molecule has 2 aliphatic rings. The largest absolute Gasteiger partial charge is 0.373 e. The fraction of sp³-hybridized carbons (Fsp3) is 0.538. The van der Waals surface area contributed by atoms with Crippen molar-refractivity contribution >= 4 is 11.7 Å². The minimum absolute atomic E-state index is 0.0552. The maximum Gasteiger partial charge on any atom is 0.256 e. The molecule has 166 valence electrons. The lowest BCUT2D eigenvalue weighted by atomic mass is 9.90. The van der Waals surface area contributed by atoms with E-state index in [2.05, 4.69) is 32.9 Å². The molecule has 0 unspecified atom stereocenters. The number of carbonyl (C=O) groups is 2. The Labute approximate surface area is 185 Å². The molecular formula is C26H34N2O3. The van der Waals surface area contributed by atoms with Gasteiger partial charge in [-0.05, 0) is 42.7 Å². The third kappa shape index (κ3) is 4.33. The van der Waals surface area contributed by atoms with Crippen LogP contribution in [0.4, 0.5) is 0 Å². The van der Waals surface area contributed by atoms with Crippen molar-refractivity contribution in [2.24, 2.45) is 5.92 Å². The number of amides is 1. The van der Waals surface area contributed by atoms with E-state index in [0.29, 0.717) is 43.4 Å². The van der Waals surface area contributed by atoms with E-state index in [1.165, 1.54) is 5.56 Å². The molecule has 5 nitrogen and oxygen atoms in total. The van der Waals surface area contributed by atoms with E-state index in [1.807, 2.05) is 33.7 Å². The molecule has 0 radical (unpaired) electrons. The number of carbonyl (C=O) groups excluding carboxylic acids is 2. The quantitative estimate of drug-likeness (QED) is 0.587. The molecule has 3 heterocycles. The smallest absolute Gasteiger partial charge is 0.256 e. The molecule has 1 amide bonds. The van der Waals surface area contributed by atoms with E-state index in [0.717, 1.165) is 31.5 Å². The standard InChI is InChI=1S/C26H34N2O3/c1-4-19(20-9-6-5-7-10-20)15-25(29)23-16-21(24-17-31-14-13-27(23)24)26(30)28-12-8-11-22(28)18(2)3/h5-7,9-10,16,18-19,22H,4,8,11-15,17H2,1-3H3/t19-,22+/m0/s1. The number of hydrogen-bond donors (Lipinski definition) is 0. The van der Waals surface area contributed by atoms with Crippen LogP contribution in [-0.4, -0.2) is 40.4 Å².